The van der Waals surface area contributed by atoms with E-state index in [0.29, 0.717) is 18.1 Å². The van der Waals surface area contributed by atoms with E-state index in [4.69, 9.17) is 9.47 Å². The van der Waals surface area contributed by atoms with Crippen LogP contribution >= 0.6 is 0 Å². The maximum absolute atomic E-state index is 12.6. The van der Waals surface area contributed by atoms with Gasteiger partial charge in [-0.15, -0.1) is 0 Å². The van der Waals surface area contributed by atoms with Crippen molar-refractivity contribution in [1.82, 2.24) is 0 Å². The number of rotatable bonds is 11. The molecule has 1 aromatic carbocycles. The molecule has 0 spiro atoms. The van der Waals surface area contributed by atoms with Crippen LogP contribution in [0.4, 0.5) is 0 Å². The minimum atomic E-state index is -0.0824. The highest BCUT2D eigenvalue weighted by Crippen LogP contribution is 2.34. The van der Waals surface area contributed by atoms with Crippen LogP contribution in [-0.4, -0.2) is 12.6 Å². The lowest BCUT2D eigenvalue weighted by molar-refractivity contribution is -0.140. The van der Waals surface area contributed by atoms with Crippen LogP contribution in [0.1, 0.15) is 84.5 Å². The van der Waals surface area contributed by atoms with Gasteiger partial charge >= 0.3 is 5.97 Å². The average molecular weight is 361 g/mol. The smallest absolute Gasteiger partial charge is 0.314 e. The first-order valence-electron chi connectivity index (χ1n) is 10.7. The van der Waals surface area contributed by atoms with Crippen molar-refractivity contribution < 1.29 is 14.3 Å². The molecule has 0 saturated heterocycles. The largest absolute Gasteiger partial charge is 0.490 e. The normalized spacial score (nSPS) is 19.9. The van der Waals surface area contributed by atoms with Gasteiger partial charge in [0.1, 0.15) is 0 Å². The summed E-state index contributed by atoms with van der Waals surface area (Å²) < 4.78 is 11.6. The SMILES string of the molecule is CCCCCCOc1ccccc1OC(=O)C1CCC(CCCC)CC1. The summed E-state index contributed by atoms with van der Waals surface area (Å²) in [7, 11) is 0. The van der Waals surface area contributed by atoms with Crippen LogP contribution in [0.2, 0.25) is 0 Å². The number of esters is 1. The molecule has 0 radical (unpaired) electrons. The second kappa shape index (κ2) is 12.0. The zero-order valence-corrected chi connectivity index (χ0v) is 16.7. The van der Waals surface area contributed by atoms with Crippen molar-refractivity contribution in [1.29, 1.82) is 0 Å². The number of carbonyl (C=O) groups is 1. The molecular formula is C23H36O3. The van der Waals surface area contributed by atoms with E-state index in [1.54, 1.807) is 0 Å². The molecule has 0 aromatic heterocycles. The van der Waals surface area contributed by atoms with Crippen molar-refractivity contribution in [2.45, 2.75) is 84.5 Å². The van der Waals surface area contributed by atoms with E-state index in [2.05, 4.69) is 13.8 Å². The Balaban J connectivity index is 1.80. The van der Waals surface area contributed by atoms with E-state index in [-0.39, 0.29) is 11.9 Å². The quantitative estimate of drug-likeness (QED) is 0.255. The Morgan fingerprint density at radius 3 is 2.31 bits per heavy atom. The van der Waals surface area contributed by atoms with Gasteiger partial charge in [0.05, 0.1) is 12.5 Å². The first-order chi connectivity index (χ1) is 12.7. The number of ether oxygens (including phenoxy) is 2. The summed E-state index contributed by atoms with van der Waals surface area (Å²) in [6, 6.07) is 7.56. The predicted octanol–water partition coefficient (Wildman–Crippen LogP) is 6.55. The average Bonchev–Trinajstić information content (AvgIpc) is 2.67. The summed E-state index contributed by atoms with van der Waals surface area (Å²) in [6.45, 7) is 5.12. The zero-order chi connectivity index (χ0) is 18.6. The molecule has 0 atom stereocenters. The second-order valence-corrected chi connectivity index (χ2v) is 7.64. The summed E-state index contributed by atoms with van der Waals surface area (Å²) in [5.41, 5.74) is 0. The van der Waals surface area contributed by atoms with Gasteiger partial charge in [0, 0.05) is 0 Å². The van der Waals surface area contributed by atoms with Gasteiger partial charge < -0.3 is 9.47 Å². The molecule has 0 N–H and O–H groups in total. The number of hydrogen-bond donors (Lipinski definition) is 0. The van der Waals surface area contributed by atoms with Gasteiger partial charge in [0.25, 0.3) is 0 Å². The molecule has 1 aromatic rings. The van der Waals surface area contributed by atoms with Crippen LogP contribution in [0.3, 0.4) is 0 Å². The van der Waals surface area contributed by atoms with Gasteiger partial charge in [0.2, 0.25) is 0 Å². The Labute approximate surface area is 159 Å². The molecule has 146 valence electrons. The lowest BCUT2D eigenvalue weighted by atomic mass is 9.80. The van der Waals surface area contributed by atoms with Crippen molar-refractivity contribution >= 4 is 5.97 Å². The fourth-order valence-electron chi connectivity index (χ4n) is 3.74. The third-order valence-electron chi connectivity index (χ3n) is 5.46. The lowest BCUT2D eigenvalue weighted by Gasteiger charge is -2.27. The molecule has 3 nitrogen and oxygen atoms in total. The molecule has 0 unspecified atom stereocenters. The van der Waals surface area contributed by atoms with Gasteiger partial charge in [-0.25, -0.2) is 0 Å². The second-order valence-electron chi connectivity index (χ2n) is 7.64. The highest BCUT2D eigenvalue weighted by atomic mass is 16.6. The molecule has 3 heteroatoms. The highest BCUT2D eigenvalue weighted by Gasteiger charge is 2.28. The molecule has 1 fully saturated rings. The van der Waals surface area contributed by atoms with E-state index in [9.17, 15) is 4.79 Å². The van der Waals surface area contributed by atoms with Gasteiger partial charge in [-0.1, -0.05) is 64.5 Å². The van der Waals surface area contributed by atoms with Crippen LogP contribution < -0.4 is 9.47 Å². The number of benzene rings is 1. The van der Waals surface area contributed by atoms with Crippen LogP contribution in [0.15, 0.2) is 24.3 Å². The maximum Gasteiger partial charge on any atom is 0.314 e. The first-order valence-corrected chi connectivity index (χ1v) is 10.7. The third-order valence-corrected chi connectivity index (χ3v) is 5.46. The van der Waals surface area contributed by atoms with Gasteiger partial charge in [0.15, 0.2) is 11.5 Å². The van der Waals surface area contributed by atoms with E-state index >= 15 is 0 Å². The molecule has 0 bridgehead atoms. The fraction of sp³-hybridized carbons (Fsp3) is 0.696. The van der Waals surface area contributed by atoms with E-state index in [1.165, 1.54) is 38.5 Å². The van der Waals surface area contributed by atoms with E-state index in [0.717, 1.165) is 38.0 Å². The highest BCUT2D eigenvalue weighted by molar-refractivity contribution is 5.76. The fourth-order valence-corrected chi connectivity index (χ4v) is 3.74. The van der Waals surface area contributed by atoms with Crippen LogP contribution in [0.25, 0.3) is 0 Å². The maximum atomic E-state index is 12.6. The molecule has 26 heavy (non-hydrogen) atoms. The van der Waals surface area contributed by atoms with Gasteiger partial charge in [-0.2, -0.15) is 0 Å². The number of unbranched alkanes of at least 4 members (excludes halogenated alkanes) is 4. The summed E-state index contributed by atoms with van der Waals surface area (Å²) >= 11 is 0. The summed E-state index contributed by atoms with van der Waals surface area (Å²) in [6.07, 6.45) is 12.8. The minimum absolute atomic E-state index is 0.0467. The molecular weight excluding hydrogens is 324 g/mol. The lowest BCUT2D eigenvalue weighted by Crippen LogP contribution is -2.25. The summed E-state index contributed by atoms with van der Waals surface area (Å²) in [5.74, 6) is 2.03. The molecule has 1 aliphatic rings. The van der Waals surface area contributed by atoms with Crippen LogP contribution in [0.5, 0.6) is 11.5 Å². The Hall–Kier alpha value is -1.51. The Bertz CT molecular complexity index is 518. The van der Waals surface area contributed by atoms with Crippen molar-refractivity contribution in [3.05, 3.63) is 24.3 Å². The van der Waals surface area contributed by atoms with Crippen LogP contribution in [-0.2, 0) is 4.79 Å². The molecule has 0 aliphatic heterocycles. The minimum Gasteiger partial charge on any atom is -0.490 e. The Morgan fingerprint density at radius 1 is 0.923 bits per heavy atom. The van der Waals surface area contributed by atoms with Crippen molar-refractivity contribution in [3.8, 4) is 11.5 Å². The Morgan fingerprint density at radius 2 is 1.62 bits per heavy atom. The third kappa shape index (κ3) is 7.01. The summed E-state index contributed by atoms with van der Waals surface area (Å²) in [4.78, 5) is 12.6. The topological polar surface area (TPSA) is 35.5 Å². The van der Waals surface area contributed by atoms with E-state index in [1.807, 2.05) is 24.3 Å². The molecule has 2 rings (SSSR count). The zero-order valence-electron chi connectivity index (χ0n) is 16.7. The number of para-hydroxylation sites is 2. The van der Waals surface area contributed by atoms with Crippen molar-refractivity contribution in [3.63, 3.8) is 0 Å². The molecule has 0 amide bonds. The van der Waals surface area contributed by atoms with Gasteiger partial charge in [-0.05, 0) is 50.2 Å². The predicted molar refractivity (Wildman–Crippen MR) is 107 cm³/mol. The standard InChI is InChI=1S/C23H36O3/c1-3-5-7-10-18-25-21-12-8-9-13-22(21)26-23(24)20-16-14-19(15-17-20)11-6-4-2/h8-9,12-13,19-20H,3-7,10-11,14-18H2,1-2H3. The summed E-state index contributed by atoms with van der Waals surface area (Å²) in [5, 5.41) is 0. The number of carbonyl (C=O) groups excluding carboxylic acids is 1. The van der Waals surface area contributed by atoms with E-state index < -0.39 is 0 Å². The molecule has 0 heterocycles. The Kier molecular flexibility index (Phi) is 9.58. The van der Waals surface area contributed by atoms with Crippen molar-refractivity contribution in [2.24, 2.45) is 11.8 Å². The van der Waals surface area contributed by atoms with Crippen molar-refractivity contribution in [2.75, 3.05) is 6.61 Å². The van der Waals surface area contributed by atoms with Crippen LogP contribution in [0, 0.1) is 11.8 Å². The number of hydrogen-bond acceptors (Lipinski definition) is 3. The molecule has 1 aliphatic carbocycles. The monoisotopic (exact) mass is 360 g/mol. The van der Waals surface area contributed by atoms with Gasteiger partial charge in [-0.3, -0.25) is 4.79 Å². The molecule has 1 saturated carbocycles. The first kappa shape index (κ1) is 20.8.